The maximum absolute atomic E-state index is 5.75. The summed E-state index contributed by atoms with van der Waals surface area (Å²) in [6.45, 7) is 11.5. The molecule has 16 heavy (non-hydrogen) atoms. The molecule has 1 aliphatic rings. The van der Waals surface area contributed by atoms with Crippen molar-refractivity contribution in [3.63, 3.8) is 0 Å². The third-order valence-corrected chi connectivity index (χ3v) is 2.63. The van der Waals surface area contributed by atoms with Crippen LogP contribution < -0.4 is 11.1 Å². The molecular weight excluding hydrogens is 202 g/mol. The van der Waals surface area contributed by atoms with Crippen molar-refractivity contribution in [3.05, 3.63) is 12.2 Å². The fourth-order valence-corrected chi connectivity index (χ4v) is 1.92. The maximum Gasteiger partial charge on any atom is 0.188 e. The van der Waals surface area contributed by atoms with Crippen molar-refractivity contribution >= 4 is 5.96 Å². The van der Waals surface area contributed by atoms with Gasteiger partial charge in [0.1, 0.15) is 0 Å². The van der Waals surface area contributed by atoms with Crippen LogP contribution in [0.5, 0.6) is 0 Å². The number of nitrogens with zero attached hydrogens (tertiary/aromatic N) is 1. The molecule has 1 aliphatic heterocycles. The topological polar surface area (TPSA) is 59.6 Å². The third-order valence-electron chi connectivity index (χ3n) is 2.63. The van der Waals surface area contributed by atoms with Gasteiger partial charge in [-0.1, -0.05) is 12.2 Å². The van der Waals surface area contributed by atoms with Crippen LogP contribution in [0.3, 0.4) is 0 Å². The first-order chi connectivity index (χ1) is 7.50. The van der Waals surface area contributed by atoms with Gasteiger partial charge in [-0.3, -0.25) is 4.99 Å². The molecule has 0 aromatic rings. The summed E-state index contributed by atoms with van der Waals surface area (Å²) >= 11 is 0. The van der Waals surface area contributed by atoms with Crippen molar-refractivity contribution in [1.29, 1.82) is 0 Å². The monoisotopic (exact) mass is 225 g/mol. The van der Waals surface area contributed by atoms with E-state index in [1.807, 2.05) is 20.8 Å². The van der Waals surface area contributed by atoms with E-state index in [9.17, 15) is 0 Å². The zero-order valence-corrected chi connectivity index (χ0v) is 10.5. The van der Waals surface area contributed by atoms with E-state index < -0.39 is 0 Å². The maximum atomic E-state index is 5.75. The van der Waals surface area contributed by atoms with Crippen molar-refractivity contribution in [2.24, 2.45) is 16.6 Å². The molecule has 4 heteroatoms. The number of aliphatic imine (C=N–C) groups is 1. The summed E-state index contributed by atoms with van der Waals surface area (Å²) < 4.78 is 5.61. The average Bonchev–Trinajstić information content (AvgIpc) is 2.61. The van der Waals surface area contributed by atoms with Crippen molar-refractivity contribution in [3.8, 4) is 0 Å². The zero-order chi connectivity index (χ0) is 12.1. The Hall–Kier alpha value is -1.03. The highest BCUT2D eigenvalue weighted by Gasteiger charge is 2.28. The van der Waals surface area contributed by atoms with Crippen molar-refractivity contribution in [2.45, 2.75) is 39.3 Å². The van der Waals surface area contributed by atoms with E-state index in [0.717, 1.165) is 18.6 Å². The molecule has 92 valence electrons. The Morgan fingerprint density at radius 2 is 2.31 bits per heavy atom. The minimum atomic E-state index is 0.149. The molecule has 1 fully saturated rings. The van der Waals surface area contributed by atoms with Crippen LogP contribution >= 0.6 is 0 Å². The van der Waals surface area contributed by atoms with Gasteiger partial charge in [0.15, 0.2) is 5.96 Å². The Morgan fingerprint density at radius 1 is 1.62 bits per heavy atom. The molecule has 0 spiro atoms. The van der Waals surface area contributed by atoms with Crippen LogP contribution in [0.2, 0.25) is 0 Å². The van der Waals surface area contributed by atoms with E-state index in [0.29, 0.717) is 24.5 Å². The standard InChI is InChI=1S/C12H23N3O/c1-8(2)11-10(5-6-16-11)7-14-12(13)15-9(3)4/h9-11H,1,5-7H2,2-4H3,(H3,13,14,15). The van der Waals surface area contributed by atoms with Gasteiger partial charge >= 0.3 is 0 Å². The molecule has 0 bridgehead atoms. The van der Waals surface area contributed by atoms with Crippen LogP contribution in [0.15, 0.2) is 17.1 Å². The van der Waals surface area contributed by atoms with Gasteiger partial charge in [-0.2, -0.15) is 0 Å². The van der Waals surface area contributed by atoms with E-state index in [1.165, 1.54) is 0 Å². The van der Waals surface area contributed by atoms with Crippen LogP contribution in [0.4, 0.5) is 0 Å². The summed E-state index contributed by atoms with van der Waals surface area (Å²) in [7, 11) is 0. The van der Waals surface area contributed by atoms with E-state index in [1.54, 1.807) is 0 Å². The van der Waals surface area contributed by atoms with E-state index >= 15 is 0 Å². The highest BCUT2D eigenvalue weighted by Crippen LogP contribution is 2.25. The molecule has 0 aromatic carbocycles. The first-order valence-electron chi connectivity index (χ1n) is 5.84. The predicted molar refractivity (Wildman–Crippen MR) is 67.4 cm³/mol. The molecule has 0 radical (unpaired) electrons. The number of hydrogen-bond acceptors (Lipinski definition) is 2. The molecule has 2 unspecified atom stereocenters. The van der Waals surface area contributed by atoms with Gasteiger partial charge in [0.2, 0.25) is 0 Å². The minimum absolute atomic E-state index is 0.149. The fourth-order valence-electron chi connectivity index (χ4n) is 1.92. The first kappa shape index (κ1) is 13.0. The van der Waals surface area contributed by atoms with Gasteiger partial charge in [-0.25, -0.2) is 0 Å². The lowest BCUT2D eigenvalue weighted by atomic mass is 9.97. The van der Waals surface area contributed by atoms with Gasteiger partial charge in [-0.15, -0.1) is 0 Å². The predicted octanol–water partition coefficient (Wildman–Crippen LogP) is 1.28. The molecule has 0 aliphatic carbocycles. The van der Waals surface area contributed by atoms with Crippen molar-refractivity contribution < 1.29 is 4.74 Å². The normalized spacial score (nSPS) is 26.1. The Kier molecular flexibility index (Phi) is 4.80. The minimum Gasteiger partial charge on any atom is -0.374 e. The van der Waals surface area contributed by atoms with E-state index in [4.69, 9.17) is 10.5 Å². The summed E-state index contributed by atoms with van der Waals surface area (Å²) in [6.07, 6.45) is 1.19. The van der Waals surface area contributed by atoms with Gasteiger partial charge in [-0.05, 0) is 27.2 Å². The molecule has 0 saturated carbocycles. The third kappa shape index (κ3) is 3.85. The number of rotatable bonds is 4. The highest BCUT2D eigenvalue weighted by molar-refractivity contribution is 5.78. The molecule has 2 atom stereocenters. The largest absolute Gasteiger partial charge is 0.374 e. The summed E-state index contributed by atoms with van der Waals surface area (Å²) in [4.78, 5) is 4.34. The molecule has 0 amide bonds. The molecule has 3 N–H and O–H groups in total. The number of nitrogens with one attached hydrogen (secondary N) is 1. The molecule has 4 nitrogen and oxygen atoms in total. The quantitative estimate of drug-likeness (QED) is 0.430. The molecule has 0 aromatic heterocycles. The Bertz CT molecular complexity index is 273. The first-order valence-corrected chi connectivity index (χ1v) is 5.84. The summed E-state index contributed by atoms with van der Waals surface area (Å²) in [5, 5.41) is 3.08. The molecule has 1 saturated heterocycles. The summed E-state index contributed by atoms with van der Waals surface area (Å²) in [5.74, 6) is 0.937. The average molecular weight is 225 g/mol. The lowest BCUT2D eigenvalue weighted by Gasteiger charge is -2.17. The summed E-state index contributed by atoms with van der Waals surface area (Å²) in [6, 6.07) is 0.320. The van der Waals surface area contributed by atoms with Gasteiger partial charge in [0.05, 0.1) is 6.10 Å². The Labute approximate surface area is 98.0 Å². The van der Waals surface area contributed by atoms with Crippen LogP contribution in [0, 0.1) is 5.92 Å². The lowest BCUT2D eigenvalue weighted by Crippen LogP contribution is -2.37. The second-order valence-corrected chi connectivity index (χ2v) is 4.71. The fraction of sp³-hybridized carbons (Fsp3) is 0.750. The van der Waals surface area contributed by atoms with Crippen molar-refractivity contribution in [1.82, 2.24) is 5.32 Å². The van der Waals surface area contributed by atoms with Crippen LogP contribution in [-0.2, 0) is 4.74 Å². The van der Waals surface area contributed by atoms with E-state index in [2.05, 4.69) is 16.9 Å². The van der Waals surface area contributed by atoms with Crippen LogP contribution in [0.25, 0.3) is 0 Å². The lowest BCUT2D eigenvalue weighted by molar-refractivity contribution is 0.120. The molecular formula is C12H23N3O. The highest BCUT2D eigenvalue weighted by atomic mass is 16.5. The number of hydrogen-bond donors (Lipinski definition) is 2. The van der Waals surface area contributed by atoms with Crippen molar-refractivity contribution in [2.75, 3.05) is 13.2 Å². The van der Waals surface area contributed by atoms with E-state index in [-0.39, 0.29) is 6.10 Å². The van der Waals surface area contributed by atoms with Gasteiger partial charge in [0.25, 0.3) is 0 Å². The Balaban J connectivity index is 2.44. The van der Waals surface area contributed by atoms with Gasteiger partial charge in [0, 0.05) is 25.1 Å². The second-order valence-electron chi connectivity index (χ2n) is 4.71. The van der Waals surface area contributed by atoms with Gasteiger partial charge < -0.3 is 15.8 Å². The SMILES string of the molecule is C=C(C)C1OCCC1CN=C(N)NC(C)C. The smallest absolute Gasteiger partial charge is 0.188 e. The van der Waals surface area contributed by atoms with Crippen LogP contribution in [0.1, 0.15) is 27.2 Å². The number of ether oxygens (including phenoxy) is 1. The molecule has 1 rings (SSSR count). The molecule has 1 heterocycles. The van der Waals surface area contributed by atoms with Crippen LogP contribution in [-0.4, -0.2) is 31.3 Å². The number of guanidine groups is 1. The summed E-state index contributed by atoms with van der Waals surface area (Å²) in [5.41, 5.74) is 6.83. The number of nitrogens with two attached hydrogens (primary N) is 1. The zero-order valence-electron chi connectivity index (χ0n) is 10.5. The Morgan fingerprint density at radius 3 is 2.88 bits per heavy atom. The second kappa shape index (κ2) is 5.89.